The van der Waals surface area contributed by atoms with E-state index in [4.69, 9.17) is 9.47 Å². The zero-order valence-electron chi connectivity index (χ0n) is 20.8. The van der Waals surface area contributed by atoms with Crippen molar-refractivity contribution in [1.29, 1.82) is 0 Å². The number of amides is 2. The zero-order chi connectivity index (χ0) is 25.3. The number of ether oxygens (including phenoxy) is 2. The van der Waals surface area contributed by atoms with E-state index < -0.39 is 0 Å². The Morgan fingerprint density at radius 3 is 2.11 bits per heavy atom. The van der Waals surface area contributed by atoms with Gasteiger partial charge in [-0.15, -0.1) is 11.3 Å². The lowest BCUT2D eigenvalue weighted by atomic mass is 10.1. The van der Waals surface area contributed by atoms with E-state index in [9.17, 15) is 9.59 Å². The summed E-state index contributed by atoms with van der Waals surface area (Å²) in [4.78, 5) is 25.5. The number of H-pyrrole nitrogens is 1. The Hall–Kier alpha value is -3.52. The van der Waals surface area contributed by atoms with E-state index >= 15 is 0 Å². The van der Waals surface area contributed by atoms with Gasteiger partial charge in [0.05, 0.1) is 13.2 Å². The Morgan fingerprint density at radius 1 is 0.833 bits per heavy atom. The van der Waals surface area contributed by atoms with Crippen LogP contribution in [-0.4, -0.2) is 43.1 Å². The van der Waals surface area contributed by atoms with Crippen molar-refractivity contribution in [2.45, 2.75) is 39.5 Å². The average Bonchev–Trinajstić information content (AvgIpc) is 3.44. The Balaban J connectivity index is 1.21. The standard InChI is InChI=1S/C28H33N3O4S/c1-19(32)29-11-9-21-17-31-27-7-5-23(15-25(21)27)34-13-3-4-14-35-24-6-8-28-26(16-24)22(18-36-28)10-12-30-20(2)33/h5-8,15-18,31H,3-4,9-14H2,1-2H3,(H,29,32)(H,30,33). The van der Waals surface area contributed by atoms with Crippen LogP contribution in [0.4, 0.5) is 0 Å². The van der Waals surface area contributed by atoms with Crippen molar-refractivity contribution in [3.63, 3.8) is 0 Å². The van der Waals surface area contributed by atoms with E-state index in [2.05, 4.69) is 39.2 Å². The summed E-state index contributed by atoms with van der Waals surface area (Å²) < 4.78 is 13.2. The molecule has 0 radical (unpaired) electrons. The number of unbranched alkanes of at least 4 members (excludes halogenated alkanes) is 1. The predicted octanol–water partition coefficient (Wildman–Crippen LogP) is 4.98. The zero-order valence-corrected chi connectivity index (χ0v) is 21.6. The number of hydrogen-bond acceptors (Lipinski definition) is 5. The Kier molecular flexibility index (Phi) is 8.84. The molecule has 0 saturated carbocycles. The number of carbonyl (C=O) groups excluding carboxylic acids is 2. The van der Waals surface area contributed by atoms with Gasteiger partial charge in [0.1, 0.15) is 11.5 Å². The third-order valence-corrected chi connectivity index (χ3v) is 6.99. The molecule has 0 fully saturated rings. The average molecular weight is 508 g/mol. The highest BCUT2D eigenvalue weighted by molar-refractivity contribution is 7.17. The molecule has 0 aliphatic heterocycles. The maximum atomic E-state index is 11.1. The maximum absolute atomic E-state index is 11.1. The Bertz CT molecular complexity index is 1230. The van der Waals surface area contributed by atoms with Crippen LogP contribution in [0.15, 0.2) is 48.0 Å². The summed E-state index contributed by atoms with van der Waals surface area (Å²) in [6, 6.07) is 12.3. The Labute approximate surface area is 215 Å². The molecule has 2 aromatic heterocycles. The van der Waals surface area contributed by atoms with Gasteiger partial charge in [0.2, 0.25) is 11.8 Å². The molecule has 0 aliphatic carbocycles. The minimum absolute atomic E-state index is 0.00370. The molecular formula is C28H33N3O4S. The van der Waals surface area contributed by atoms with E-state index in [1.165, 1.54) is 35.1 Å². The van der Waals surface area contributed by atoms with Crippen LogP contribution in [-0.2, 0) is 22.4 Å². The van der Waals surface area contributed by atoms with Gasteiger partial charge in [-0.25, -0.2) is 0 Å². The van der Waals surface area contributed by atoms with Gasteiger partial charge in [-0.2, -0.15) is 0 Å². The second-order valence-electron chi connectivity index (χ2n) is 8.81. The van der Waals surface area contributed by atoms with Gasteiger partial charge >= 0.3 is 0 Å². The van der Waals surface area contributed by atoms with Gasteiger partial charge in [0, 0.05) is 48.7 Å². The van der Waals surface area contributed by atoms with Gasteiger partial charge in [-0.1, -0.05) is 0 Å². The quantitative estimate of drug-likeness (QED) is 0.223. The number of hydrogen-bond donors (Lipinski definition) is 3. The fourth-order valence-electron chi connectivity index (χ4n) is 4.13. The van der Waals surface area contributed by atoms with E-state index in [-0.39, 0.29) is 11.8 Å². The van der Waals surface area contributed by atoms with Crippen LogP contribution in [0, 0.1) is 0 Å². The molecule has 190 valence electrons. The first-order chi connectivity index (χ1) is 17.5. The van der Waals surface area contributed by atoms with Gasteiger partial charge in [-0.3, -0.25) is 9.59 Å². The summed E-state index contributed by atoms with van der Waals surface area (Å²) in [5, 5.41) is 10.2. The highest BCUT2D eigenvalue weighted by atomic mass is 32.1. The van der Waals surface area contributed by atoms with Crippen LogP contribution in [0.3, 0.4) is 0 Å². The van der Waals surface area contributed by atoms with Gasteiger partial charge < -0.3 is 25.1 Å². The van der Waals surface area contributed by atoms with Gasteiger partial charge in [0.15, 0.2) is 0 Å². The van der Waals surface area contributed by atoms with E-state index in [0.717, 1.165) is 48.1 Å². The number of carbonyl (C=O) groups is 2. The number of fused-ring (bicyclic) bond motifs is 2. The van der Waals surface area contributed by atoms with Crippen molar-refractivity contribution in [3.8, 4) is 11.5 Å². The van der Waals surface area contributed by atoms with E-state index in [1.54, 1.807) is 11.3 Å². The number of thiophene rings is 1. The largest absolute Gasteiger partial charge is 0.494 e. The normalized spacial score (nSPS) is 11.1. The maximum Gasteiger partial charge on any atom is 0.216 e. The lowest BCUT2D eigenvalue weighted by Gasteiger charge is -2.09. The topological polar surface area (TPSA) is 92.5 Å². The number of aromatic amines is 1. The third kappa shape index (κ3) is 7.01. The Morgan fingerprint density at radius 2 is 1.44 bits per heavy atom. The summed E-state index contributed by atoms with van der Waals surface area (Å²) in [5.41, 5.74) is 3.47. The van der Waals surface area contributed by atoms with Crippen molar-refractivity contribution in [2.75, 3.05) is 26.3 Å². The molecule has 0 unspecified atom stereocenters. The molecule has 0 aliphatic rings. The minimum atomic E-state index is -0.0155. The SMILES string of the molecule is CC(=O)NCCc1c[nH]c2ccc(OCCCCOc3ccc4scc(CCNC(C)=O)c4c3)cc12. The molecule has 0 bridgehead atoms. The molecule has 4 aromatic rings. The fraction of sp³-hybridized carbons (Fsp3) is 0.357. The van der Waals surface area contributed by atoms with E-state index in [0.29, 0.717) is 26.3 Å². The molecular weight excluding hydrogens is 474 g/mol. The lowest BCUT2D eigenvalue weighted by Crippen LogP contribution is -2.22. The fourth-order valence-corrected chi connectivity index (χ4v) is 5.11. The molecule has 0 saturated heterocycles. The summed E-state index contributed by atoms with van der Waals surface area (Å²) in [7, 11) is 0. The molecule has 3 N–H and O–H groups in total. The molecule has 0 atom stereocenters. The van der Waals surface area contributed by atoms with Crippen LogP contribution in [0.5, 0.6) is 11.5 Å². The van der Waals surface area contributed by atoms with Crippen molar-refractivity contribution >= 4 is 44.1 Å². The summed E-state index contributed by atoms with van der Waals surface area (Å²) in [6.45, 7) is 5.58. The highest BCUT2D eigenvalue weighted by Gasteiger charge is 2.08. The van der Waals surface area contributed by atoms with Crippen LogP contribution in [0.2, 0.25) is 0 Å². The second kappa shape index (κ2) is 12.4. The van der Waals surface area contributed by atoms with E-state index in [1.807, 2.05) is 24.4 Å². The molecule has 2 aromatic carbocycles. The van der Waals surface area contributed by atoms with Crippen molar-refractivity contribution < 1.29 is 19.1 Å². The van der Waals surface area contributed by atoms with Gasteiger partial charge in [-0.05, 0) is 84.0 Å². The molecule has 36 heavy (non-hydrogen) atoms. The molecule has 2 amide bonds. The summed E-state index contributed by atoms with van der Waals surface area (Å²) in [5.74, 6) is 1.69. The highest BCUT2D eigenvalue weighted by Crippen LogP contribution is 2.30. The predicted molar refractivity (Wildman–Crippen MR) is 145 cm³/mol. The van der Waals surface area contributed by atoms with Crippen LogP contribution in [0.25, 0.3) is 21.0 Å². The first-order valence-electron chi connectivity index (χ1n) is 12.3. The van der Waals surface area contributed by atoms with Crippen LogP contribution in [0.1, 0.15) is 37.8 Å². The third-order valence-electron chi connectivity index (χ3n) is 5.98. The monoisotopic (exact) mass is 507 g/mol. The molecule has 2 heterocycles. The van der Waals surface area contributed by atoms with Crippen LogP contribution >= 0.6 is 11.3 Å². The number of nitrogens with one attached hydrogen (secondary N) is 3. The number of rotatable bonds is 13. The van der Waals surface area contributed by atoms with Gasteiger partial charge in [0.25, 0.3) is 0 Å². The lowest BCUT2D eigenvalue weighted by molar-refractivity contribution is -0.119. The minimum Gasteiger partial charge on any atom is -0.494 e. The molecule has 0 spiro atoms. The summed E-state index contributed by atoms with van der Waals surface area (Å²) >= 11 is 1.72. The smallest absolute Gasteiger partial charge is 0.216 e. The second-order valence-corrected chi connectivity index (χ2v) is 9.72. The van der Waals surface area contributed by atoms with Crippen molar-refractivity contribution in [2.24, 2.45) is 0 Å². The molecule has 7 nitrogen and oxygen atoms in total. The van der Waals surface area contributed by atoms with Crippen LogP contribution < -0.4 is 20.1 Å². The molecule has 8 heteroatoms. The van der Waals surface area contributed by atoms with Crippen molar-refractivity contribution in [3.05, 3.63) is 59.1 Å². The number of benzene rings is 2. The summed E-state index contributed by atoms with van der Waals surface area (Å²) in [6.07, 6.45) is 5.36. The molecule has 4 rings (SSSR count). The van der Waals surface area contributed by atoms with Crippen molar-refractivity contribution in [1.82, 2.24) is 15.6 Å². The first-order valence-corrected chi connectivity index (χ1v) is 13.2. The number of aromatic nitrogens is 1. The first kappa shape index (κ1) is 25.6.